The largest absolute Gasteiger partial charge is 0.480 e. The van der Waals surface area contributed by atoms with Gasteiger partial charge in [-0.25, -0.2) is 4.79 Å². The van der Waals surface area contributed by atoms with E-state index < -0.39 is 79.5 Å². The number of carboxylic acids is 1. The van der Waals surface area contributed by atoms with Gasteiger partial charge in [0, 0.05) is 40.9 Å². The van der Waals surface area contributed by atoms with Crippen molar-refractivity contribution < 1.29 is 54.1 Å². The first-order valence-corrected chi connectivity index (χ1v) is 13.3. The van der Waals surface area contributed by atoms with Crippen molar-refractivity contribution in [1.29, 1.82) is 0 Å². The number of esters is 1. The van der Waals surface area contributed by atoms with Crippen molar-refractivity contribution in [2.24, 2.45) is 17.8 Å². The number of methoxy groups -OCH3 is 1. The van der Waals surface area contributed by atoms with Crippen molar-refractivity contribution in [2.45, 2.75) is 56.0 Å². The second kappa shape index (κ2) is 11.9. The first kappa shape index (κ1) is 29.2. The van der Waals surface area contributed by atoms with Gasteiger partial charge < -0.3 is 49.5 Å². The molecule has 1 aromatic heterocycles. The predicted molar refractivity (Wildman–Crippen MR) is 141 cm³/mol. The van der Waals surface area contributed by atoms with E-state index in [0.29, 0.717) is 0 Å². The van der Waals surface area contributed by atoms with E-state index in [4.69, 9.17) is 18.9 Å². The second-order valence-electron chi connectivity index (χ2n) is 10.5. The average Bonchev–Trinajstić information content (AvgIpc) is 3.35. The Morgan fingerprint density at radius 1 is 1.17 bits per heavy atom. The molecule has 0 spiro atoms. The third-order valence-corrected chi connectivity index (χ3v) is 8.18. The molecule has 1 aromatic carbocycles. The molecule has 1 saturated heterocycles. The molecule has 5 rings (SSSR count). The molecular weight excluding hydrogens is 540 g/mol. The van der Waals surface area contributed by atoms with Crippen LogP contribution < -0.4 is 5.32 Å². The first-order chi connectivity index (χ1) is 19.7. The Labute approximate surface area is 235 Å². The zero-order chi connectivity index (χ0) is 29.4. The second-order valence-corrected chi connectivity index (χ2v) is 10.5. The molecule has 1 fully saturated rings. The maximum Gasteiger partial charge on any atom is 0.337 e. The SMILES string of the molecule is C=C[C@H]1[C@H](O[C@@H]2O[C@@H](O)[C@@H](O)[C@@H](O)[C@@H]2CO)OC=C(C(=O)OC)[C@H]1C[C@@H]1N[C@@H](C(=O)O)Cc2c1[nH]c1ccccc21. The minimum Gasteiger partial charge on any atom is -0.480 e. The number of aromatic nitrogens is 1. The van der Waals surface area contributed by atoms with Crippen molar-refractivity contribution in [2.75, 3.05) is 13.7 Å². The van der Waals surface area contributed by atoms with E-state index in [2.05, 4.69) is 16.9 Å². The molecule has 4 heterocycles. The molecule has 0 radical (unpaired) electrons. The van der Waals surface area contributed by atoms with Gasteiger partial charge in [-0.2, -0.15) is 0 Å². The number of carbonyl (C=O) groups is 2. The van der Waals surface area contributed by atoms with Gasteiger partial charge in [0.05, 0.1) is 37.6 Å². The minimum absolute atomic E-state index is 0.174. The lowest BCUT2D eigenvalue weighted by Crippen LogP contribution is -2.57. The summed E-state index contributed by atoms with van der Waals surface area (Å²) in [6.07, 6.45) is -4.30. The van der Waals surface area contributed by atoms with Gasteiger partial charge in [0.2, 0.25) is 6.29 Å². The van der Waals surface area contributed by atoms with Crippen LogP contribution in [-0.4, -0.2) is 93.3 Å². The van der Waals surface area contributed by atoms with E-state index in [1.807, 2.05) is 24.3 Å². The summed E-state index contributed by atoms with van der Waals surface area (Å²) in [5, 5.41) is 54.2. The van der Waals surface area contributed by atoms with Crippen molar-refractivity contribution in [3.05, 3.63) is 60.0 Å². The summed E-state index contributed by atoms with van der Waals surface area (Å²) in [6, 6.07) is 6.20. The van der Waals surface area contributed by atoms with Gasteiger partial charge in [0.15, 0.2) is 12.6 Å². The highest BCUT2D eigenvalue weighted by molar-refractivity contribution is 5.89. The number of carbonyl (C=O) groups excluding carboxylic acids is 1. The fraction of sp³-hybridized carbons (Fsp3) is 0.500. The Morgan fingerprint density at radius 2 is 1.93 bits per heavy atom. The zero-order valence-electron chi connectivity index (χ0n) is 22.3. The molecule has 222 valence electrons. The number of para-hydroxylation sites is 1. The van der Waals surface area contributed by atoms with Crippen molar-refractivity contribution >= 4 is 22.8 Å². The molecule has 0 bridgehead atoms. The number of hydrogen-bond acceptors (Lipinski definition) is 11. The van der Waals surface area contributed by atoms with Crippen LogP contribution in [0.1, 0.15) is 23.7 Å². The van der Waals surface area contributed by atoms with E-state index in [0.717, 1.165) is 22.2 Å². The van der Waals surface area contributed by atoms with E-state index in [9.17, 15) is 35.1 Å². The number of hydrogen-bond donors (Lipinski definition) is 7. The number of H-pyrrole nitrogens is 1. The van der Waals surface area contributed by atoms with Gasteiger partial charge in [-0.1, -0.05) is 24.3 Å². The smallest absolute Gasteiger partial charge is 0.337 e. The normalized spacial score (nSPS) is 35.2. The number of carboxylic acid groups (broad SMARTS) is 1. The number of rotatable bonds is 8. The number of aromatic amines is 1. The van der Waals surface area contributed by atoms with Crippen LogP contribution in [0.4, 0.5) is 0 Å². The van der Waals surface area contributed by atoms with E-state index in [-0.39, 0.29) is 18.4 Å². The van der Waals surface area contributed by atoms with Crippen molar-refractivity contribution in [3.63, 3.8) is 0 Å². The van der Waals surface area contributed by atoms with Crippen LogP contribution in [0.25, 0.3) is 10.9 Å². The summed E-state index contributed by atoms with van der Waals surface area (Å²) in [5.41, 5.74) is 2.71. The fourth-order valence-corrected chi connectivity index (χ4v) is 6.00. The number of aliphatic hydroxyl groups excluding tert-OH is 4. The van der Waals surface area contributed by atoms with E-state index in [1.165, 1.54) is 19.4 Å². The standard InChI is InChI=1S/C28H34N2O11/c1-3-12-14(8-19-21-15(9-20(29-19)24(34)35)13-6-4-5-7-18(13)30-21)17(25(36)38-2)11-39-27(12)41-28-16(10-31)22(32)23(33)26(37)40-28/h3-7,11-12,14,16,19-20,22-23,26-33,37H,1,8-10H2,2H3,(H,34,35)/t12-,14+,16+,19+,20-,22+,23+,26-,27+,28+/m1/s1. The summed E-state index contributed by atoms with van der Waals surface area (Å²) < 4.78 is 22.0. The topological polar surface area (TPSA) is 200 Å². The van der Waals surface area contributed by atoms with Gasteiger partial charge in [-0.05, 0) is 18.1 Å². The van der Waals surface area contributed by atoms with Gasteiger partial charge in [-0.3, -0.25) is 10.1 Å². The number of benzene rings is 1. The van der Waals surface area contributed by atoms with Gasteiger partial charge in [-0.15, -0.1) is 6.58 Å². The molecule has 10 atom stereocenters. The fourth-order valence-electron chi connectivity index (χ4n) is 6.00. The highest BCUT2D eigenvalue weighted by atomic mass is 16.8. The molecule has 41 heavy (non-hydrogen) atoms. The number of aliphatic hydroxyl groups is 4. The Hall–Kier alpha value is -3.30. The van der Waals surface area contributed by atoms with Crippen LogP contribution in [0, 0.1) is 17.8 Å². The molecule has 0 saturated carbocycles. The lowest BCUT2D eigenvalue weighted by molar-refractivity contribution is -0.361. The predicted octanol–water partition coefficient (Wildman–Crippen LogP) is 0.0512. The molecule has 3 aliphatic rings. The average molecular weight is 575 g/mol. The highest BCUT2D eigenvalue weighted by Gasteiger charge is 2.48. The molecule has 13 nitrogen and oxygen atoms in total. The number of fused-ring (bicyclic) bond motifs is 3. The lowest BCUT2D eigenvalue weighted by Gasteiger charge is -2.43. The number of ether oxygens (including phenoxy) is 4. The van der Waals surface area contributed by atoms with Crippen molar-refractivity contribution in [1.82, 2.24) is 10.3 Å². The van der Waals surface area contributed by atoms with Gasteiger partial charge >= 0.3 is 11.9 Å². The molecule has 0 unspecified atom stereocenters. The third kappa shape index (κ3) is 5.37. The number of nitrogens with one attached hydrogen (secondary N) is 2. The number of aliphatic carboxylic acids is 1. The van der Waals surface area contributed by atoms with Crippen LogP contribution in [0.3, 0.4) is 0 Å². The molecule has 13 heteroatoms. The molecule has 0 amide bonds. The Morgan fingerprint density at radius 3 is 2.61 bits per heavy atom. The quantitative estimate of drug-likeness (QED) is 0.165. The molecule has 7 N–H and O–H groups in total. The monoisotopic (exact) mass is 574 g/mol. The van der Waals surface area contributed by atoms with E-state index in [1.54, 1.807) is 0 Å². The third-order valence-electron chi connectivity index (χ3n) is 8.18. The summed E-state index contributed by atoms with van der Waals surface area (Å²) in [5.74, 6) is -4.15. The Kier molecular flexibility index (Phi) is 8.47. The van der Waals surface area contributed by atoms with Crippen LogP contribution in [0.5, 0.6) is 0 Å². The van der Waals surface area contributed by atoms with Crippen LogP contribution in [-0.2, 0) is 35.0 Å². The summed E-state index contributed by atoms with van der Waals surface area (Å²) in [4.78, 5) is 28.3. The minimum atomic E-state index is -1.78. The van der Waals surface area contributed by atoms with Gasteiger partial charge in [0.25, 0.3) is 0 Å². The van der Waals surface area contributed by atoms with Gasteiger partial charge in [0.1, 0.15) is 12.1 Å². The summed E-state index contributed by atoms with van der Waals surface area (Å²) in [7, 11) is 1.23. The van der Waals surface area contributed by atoms with Crippen LogP contribution in [0.2, 0.25) is 0 Å². The summed E-state index contributed by atoms with van der Waals surface area (Å²) >= 11 is 0. The maximum atomic E-state index is 12.8. The first-order valence-electron chi connectivity index (χ1n) is 13.3. The molecular formula is C28H34N2O11. The Balaban J connectivity index is 1.48. The van der Waals surface area contributed by atoms with Crippen molar-refractivity contribution in [3.8, 4) is 0 Å². The molecule has 2 aromatic rings. The van der Waals surface area contributed by atoms with Crippen LogP contribution in [0.15, 0.2) is 48.8 Å². The summed E-state index contributed by atoms with van der Waals surface area (Å²) in [6.45, 7) is 3.28. The molecule has 3 aliphatic heterocycles. The van der Waals surface area contributed by atoms with Crippen LogP contribution >= 0.6 is 0 Å². The maximum absolute atomic E-state index is 12.8. The molecule has 0 aliphatic carbocycles. The van der Waals surface area contributed by atoms with E-state index >= 15 is 0 Å². The highest BCUT2D eigenvalue weighted by Crippen LogP contribution is 2.43. The zero-order valence-corrected chi connectivity index (χ0v) is 22.3. The lowest BCUT2D eigenvalue weighted by atomic mass is 9.77. The Bertz CT molecular complexity index is 1330.